The van der Waals surface area contributed by atoms with E-state index in [2.05, 4.69) is 44.1 Å². The summed E-state index contributed by atoms with van der Waals surface area (Å²) in [5, 5.41) is 3.07. The number of carbonyl (C=O) groups is 1. The highest BCUT2D eigenvalue weighted by Crippen LogP contribution is 2.43. The molecule has 0 radical (unpaired) electrons. The first kappa shape index (κ1) is 14.1. The van der Waals surface area contributed by atoms with Crippen LogP contribution in [-0.4, -0.2) is 12.5 Å². The lowest BCUT2D eigenvalue weighted by Crippen LogP contribution is -2.41. The Morgan fingerprint density at radius 3 is 2.67 bits per heavy atom. The predicted octanol–water partition coefficient (Wildman–Crippen LogP) is 4.52. The van der Waals surface area contributed by atoms with E-state index in [-0.39, 0.29) is 5.91 Å². The largest absolute Gasteiger partial charge is 0.351 e. The van der Waals surface area contributed by atoms with Crippen LogP contribution >= 0.6 is 31.9 Å². The fourth-order valence-corrected chi connectivity index (χ4v) is 3.15. The molecule has 1 amide bonds. The third kappa shape index (κ3) is 2.97. The molecule has 1 N–H and O–H groups in total. The van der Waals surface area contributed by atoms with Crippen LogP contribution in [0.5, 0.6) is 0 Å². The molecule has 1 saturated carbocycles. The topological polar surface area (TPSA) is 29.1 Å². The second-order valence-electron chi connectivity index (χ2n) is 5.01. The van der Waals surface area contributed by atoms with Gasteiger partial charge in [-0.15, -0.1) is 0 Å². The van der Waals surface area contributed by atoms with Gasteiger partial charge in [0, 0.05) is 15.5 Å². The Labute approximate surface area is 125 Å². The van der Waals surface area contributed by atoms with Gasteiger partial charge in [-0.05, 0) is 58.8 Å². The number of hydrogen-bond donors (Lipinski definition) is 1. The van der Waals surface area contributed by atoms with Crippen LogP contribution in [-0.2, 0) is 0 Å². The lowest BCUT2D eigenvalue weighted by atomic mass is 9.67. The van der Waals surface area contributed by atoms with E-state index < -0.39 is 0 Å². The highest BCUT2D eigenvalue weighted by molar-refractivity contribution is 9.11. The Bertz CT molecular complexity index is 450. The van der Waals surface area contributed by atoms with E-state index in [0.717, 1.165) is 21.9 Å². The third-order valence-electron chi connectivity index (χ3n) is 3.96. The molecule has 0 bridgehead atoms. The molecule has 98 valence electrons. The zero-order valence-corrected chi connectivity index (χ0v) is 13.6. The van der Waals surface area contributed by atoms with E-state index in [9.17, 15) is 4.79 Å². The molecule has 1 aromatic carbocycles. The lowest BCUT2D eigenvalue weighted by Gasteiger charge is -2.41. The van der Waals surface area contributed by atoms with Gasteiger partial charge in [0.2, 0.25) is 0 Å². The van der Waals surface area contributed by atoms with Gasteiger partial charge in [0.15, 0.2) is 0 Å². The molecule has 18 heavy (non-hydrogen) atoms. The number of nitrogens with one attached hydrogen (secondary N) is 1. The quantitative estimate of drug-likeness (QED) is 0.824. The van der Waals surface area contributed by atoms with E-state index >= 15 is 0 Å². The molecule has 0 unspecified atom stereocenters. The highest BCUT2D eigenvalue weighted by atomic mass is 79.9. The standard InChI is InChI=1S/C14H17Br2NO/c1-2-14(6-3-7-14)9-17-13(18)11-8-10(15)4-5-12(11)16/h4-5,8H,2-3,6-7,9H2,1H3,(H,17,18). The number of carbonyl (C=O) groups excluding carboxylic acids is 1. The van der Waals surface area contributed by atoms with Crippen LogP contribution < -0.4 is 5.32 Å². The first-order chi connectivity index (χ1) is 8.56. The minimum Gasteiger partial charge on any atom is -0.351 e. The van der Waals surface area contributed by atoms with Crippen molar-refractivity contribution in [3.05, 3.63) is 32.7 Å². The van der Waals surface area contributed by atoms with Gasteiger partial charge in [0.05, 0.1) is 5.56 Å². The minimum absolute atomic E-state index is 0.00269. The molecular formula is C14H17Br2NO. The van der Waals surface area contributed by atoms with Gasteiger partial charge in [-0.2, -0.15) is 0 Å². The van der Waals surface area contributed by atoms with Crippen LogP contribution in [0.2, 0.25) is 0 Å². The summed E-state index contributed by atoms with van der Waals surface area (Å²) < 4.78 is 1.76. The maximum absolute atomic E-state index is 12.2. The maximum Gasteiger partial charge on any atom is 0.252 e. The van der Waals surface area contributed by atoms with Crippen molar-refractivity contribution in [3.63, 3.8) is 0 Å². The molecule has 0 spiro atoms. The molecule has 2 nitrogen and oxygen atoms in total. The van der Waals surface area contributed by atoms with Crippen LogP contribution in [0, 0.1) is 5.41 Å². The van der Waals surface area contributed by atoms with Crippen molar-refractivity contribution in [2.24, 2.45) is 5.41 Å². The van der Waals surface area contributed by atoms with Crippen LogP contribution in [0.1, 0.15) is 43.0 Å². The summed E-state index contributed by atoms with van der Waals surface area (Å²) in [6.07, 6.45) is 4.92. The molecule has 0 aromatic heterocycles. The summed E-state index contributed by atoms with van der Waals surface area (Å²) in [6.45, 7) is 3.00. The lowest BCUT2D eigenvalue weighted by molar-refractivity contribution is 0.0849. The van der Waals surface area contributed by atoms with E-state index in [4.69, 9.17) is 0 Å². The number of halogens is 2. The SMILES string of the molecule is CCC1(CNC(=O)c2cc(Br)ccc2Br)CCC1. The van der Waals surface area contributed by atoms with Crippen molar-refractivity contribution in [2.45, 2.75) is 32.6 Å². The second kappa shape index (κ2) is 5.74. The summed E-state index contributed by atoms with van der Waals surface area (Å²) >= 11 is 6.81. The Hall–Kier alpha value is -0.350. The average Bonchev–Trinajstić information content (AvgIpc) is 2.31. The maximum atomic E-state index is 12.2. The van der Waals surface area contributed by atoms with Gasteiger partial charge < -0.3 is 5.32 Å². The minimum atomic E-state index is 0.00269. The van der Waals surface area contributed by atoms with Gasteiger partial charge in [-0.3, -0.25) is 4.79 Å². The molecule has 1 aliphatic carbocycles. The molecule has 1 aromatic rings. The molecule has 0 aliphatic heterocycles. The second-order valence-corrected chi connectivity index (χ2v) is 6.78. The van der Waals surface area contributed by atoms with Crippen molar-refractivity contribution < 1.29 is 4.79 Å². The summed E-state index contributed by atoms with van der Waals surface area (Å²) in [5.74, 6) is 0.00269. The molecule has 2 rings (SSSR count). The number of amides is 1. The summed E-state index contributed by atoms with van der Waals surface area (Å²) in [7, 11) is 0. The number of hydrogen-bond acceptors (Lipinski definition) is 1. The summed E-state index contributed by atoms with van der Waals surface area (Å²) in [4.78, 5) is 12.2. The normalized spacial score (nSPS) is 17.1. The summed E-state index contributed by atoms with van der Waals surface area (Å²) in [5.41, 5.74) is 1.05. The molecule has 0 atom stereocenters. The van der Waals surface area contributed by atoms with E-state index in [1.807, 2.05) is 18.2 Å². The molecule has 4 heteroatoms. The van der Waals surface area contributed by atoms with Crippen molar-refractivity contribution in [2.75, 3.05) is 6.54 Å². The Morgan fingerprint density at radius 2 is 2.11 bits per heavy atom. The average molecular weight is 375 g/mol. The smallest absolute Gasteiger partial charge is 0.252 e. The molecule has 0 saturated heterocycles. The first-order valence-corrected chi connectivity index (χ1v) is 7.88. The van der Waals surface area contributed by atoms with Gasteiger partial charge >= 0.3 is 0 Å². The van der Waals surface area contributed by atoms with Crippen LogP contribution in [0.25, 0.3) is 0 Å². The van der Waals surface area contributed by atoms with Crippen molar-refractivity contribution in [1.29, 1.82) is 0 Å². The van der Waals surface area contributed by atoms with Gasteiger partial charge in [0.25, 0.3) is 5.91 Å². The Balaban J connectivity index is 2.01. The predicted molar refractivity (Wildman–Crippen MR) is 80.8 cm³/mol. The van der Waals surface area contributed by atoms with Gasteiger partial charge in [0.1, 0.15) is 0 Å². The van der Waals surface area contributed by atoms with Crippen molar-refractivity contribution in [3.8, 4) is 0 Å². The Kier molecular flexibility index (Phi) is 4.49. The monoisotopic (exact) mass is 373 g/mol. The zero-order valence-electron chi connectivity index (χ0n) is 10.4. The zero-order chi connectivity index (χ0) is 13.2. The fraction of sp³-hybridized carbons (Fsp3) is 0.500. The fourth-order valence-electron chi connectivity index (χ4n) is 2.37. The van der Waals surface area contributed by atoms with E-state index in [1.165, 1.54) is 19.3 Å². The first-order valence-electron chi connectivity index (χ1n) is 6.29. The van der Waals surface area contributed by atoms with Gasteiger partial charge in [-0.25, -0.2) is 0 Å². The van der Waals surface area contributed by atoms with Gasteiger partial charge in [-0.1, -0.05) is 29.3 Å². The van der Waals surface area contributed by atoms with Crippen LogP contribution in [0.15, 0.2) is 27.1 Å². The number of rotatable bonds is 4. The highest BCUT2D eigenvalue weighted by Gasteiger charge is 2.35. The van der Waals surface area contributed by atoms with E-state index in [1.54, 1.807) is 0 Å². The van der Waals surface area contributed by atoms with Crippen LogP contribution in [0.3, 0.4) is 0 Å². The number of benzene rings is 1. The third-order valence-corrected chi connectivity index (χ3v) is 5.15. The molecule has 0 heterocycles. The van der Waals surface area contributed by atoms with Crippen molar-refractivity contribution >= 4 is 37.8 Å². The molecule has 1 fully saturated rings. The van der Waals surface area contributed by atoms with Crippen LogP contribution in [0.4, 0.5) is 0 Å². The Morgan fingerprint density at radius 1 is 1.39 bits per heavy atom. The molecule has 1 aliphatic rings. The molecular weight excluding hydrogens is 358 g/mol. The van der Waals surface area contributed by atoms with E-state index in [0.29, 0.717) is 11.0 Å². The summed E-state index contributed by atoms with van der Waals surface area (Å²) in [6, 6.07) is 5.65. The van der Waals surface area contributed by atoms with Crippen molar-refractivity contribution in [1.82, 2.24) is 5.32 Å².